The Labute approximate surface area is 103 Å². The topological polar surface area (TPSA) is 41.0 Å². The lowest BCUT2D eigenvalue weighted by molar-refractivity contribution is 0.405. The lowest BCUT2D eigenvalue weighted by atomic mass is 10.0. The Balaban J connectivity index is 0.000000136. The molecule has 3 rings (SSSR count). The second-order valence-electron chi connectivity index (χ2n) is 4.95. The highest BCUT2D eigenvalue weighted by molar-refractivity contribution is 5.46. The number of fused-ring (bicyclic) bond motifs is 1. The monoisotopic (exact) mass is 234 g/mol. The van der Waals surface area contributed by atoms with Gasteiger partial charge in [-0.05, 0) is 31.8 Å². The summed E-state index contributed by atoms with van der Waals surface area (Å²) in [7, 11) is 2.04. The Hall–Kier alpha value is -1.16. The molecular weight excluding hydrogens is 212 g/mol. The SMILES string of the molecule is CC1CCCNC1.CN1CCc2nccnc21. The van der Waals surface area contributed by atoms with Gasteiger partial charge < -0.3 is 10.2 Å². The van der Waals surface area contributed by atoms with Crippen LogP contribution < -0.4 is 10.2 Å². The minimum atomic E-state index is 0.925. The number of anilines is 1. The number of nitrogens with one attached hydrogen (secondary N) is 1. The van der Waals surface area contributed by atoms with E-state index in [0.29, 0.717) is 0 Å². The summed E-state index contributed by atoms with van der Waals surface area (Å²) in [5, 5.41) is 3.33. The third kappa shape index (κ3) is 3.40. The van der Waals surface area contributed by atoms with Crippen molar-refractivity contribution in [2.24, 2.45) is 5.92 Å². The van der Waals surface area contributed by atoms with Crippen LogP contribution in [0.25, 0.3) is 0 Å². The highest BCUT2D eigenvalue weighted by Gasteiger charge is 2.16. The number of likely N-dealkylation sites (N-methyl/N-ethyl adjacent to an activating group) is 1. The molecule has 1 fully saturated rings. The summed E-state index contributed by atoms with van der Waals surface area (Å²) >= 11 is 0. The predicted octanol–water partition coefficient (Wildman–Crippen LogP) is 1.47. The first-order valence-corrected chi connectivity index (χ1v) is 6.49. The Morgan fingerprint density at radius 1 is 1.35 bits per heavy atom. The molecule has 0 bridgehead atoms. The summed E-state index contributed by atoms with van der Waals surface area (Å²) in [5.41, 5.74) is 1.13. The Morgan fingerprint density at radius 2 is 2.18 bits per heavy atom. The first kappa shape index (κ1) is 12.3. The molecular formula is C13H22N4. The molecule has 0 amide bonds. The van der Waals surface area contributed by atoms with Crippen LogP contribution in [0, 0.1) is 5.92 Å². The Morgan fingerprint density at radius 3 is 2.76 bits per heavy atom. The van der Waals surface area contributed by atoms with Crippen molar-refractivity contribution in [3.63, 3.8) is 0 Å². The van der Waals surface area contributed by atoms with Gasteiger partial charge in [0.25, 0.3) is 0 Å². The van der Waals surface area contributed by atoms with E-state index in [2.05, 4.69) is 27.1 Å². The fourth-order valence-electron chi connectivity index (χ4n) is 2.26. The minimum absolute atomic E-state index is 0.925. The van der Waals surface area contributed by atoms with Crippen LogP contribution in [0.3, 0.4) is 0 Å². The standard InChI is InChI=1S/C7H9N3.C6H13N/c1-10-5-2-6-7(10)9-4-3-8-6;1-6-3-2-4-7-5-6/h3-4H,2,5H2,1H3;6-7H,2-5H2,1H3. The first-order valence-electron chi connectivity index (χ1n) is 6.49. The number of hydrogen-bond acceptors (Lipinski definition) is 4. The van der Waals surface area contributed by atoms with Crippen LogP contribution in [0.4, 0.5) is 5.82 Å². The van der Waals surface area contributed by atoms with E-state index in [1.54, 1.807) is 12.4 Å². The molecule has 2 aliphatic rings. The molecule has 0 saturated carbocycles. The van der Waals surface area contributed by atoms with Gasteiger partial charge in [-0.1, -0.05) is 6.92 Å². The molecule has 1 aromatic heterocycles. The van der Waals surface area contributed by atoms with Crippen LogP contribution in [0.5, 0.6) is 0 Å². The molecule has 4 nitrogen and oxygen atoms in total. The van der Waals surface area contributed by atoms with Crippen molar-refractivity contribution < 1.29 is 0 Å². The van der Waals surface area contributed by atoms with Crippen molar-refractivity contribution in [2.45, 2.75) is 26.2 Å². The lowest BCUT2D eigenvalue weighted by Gasteiger charge is -2.17. The zero-order valence-electron chi connectivity index (χ0n) is 10.8. The van der Waals surface area contributed by atoms with Gasteiger partial charge in [0.15, 0.2) is 0 Å². The van der Waals surface area contributed by atoms with Crippen molar-refractivity contribution in [1.29, 1.82) is 0 Å². The minimum Gasteiger partial charge on any atom is -0.358 e. The number of rotatable bonds is 0. The summed E-state index contributed by atoms with van der Waals surface area (Å²) < 4.78 is 0. The second-order valence-corrected chi connectivity index (χ2v) is 4.95. The fourth-order valence-corrected chi connectivity index (χ4v) is 2.26. The van der Waals surface area contributed by atoms with Gasteiger partial charge in [0.1, 0.15) is 5.82 Å². The van der Waals surface area contributed by atoms with Crippen LogP contribution in [-0.4, -0.2) is 36.6 Å². The van der Waals surface area contributed by atoms with Gasteiger partial charge in [-0.2, -0.15) is 0 Å². The summed E-state index contributed by atoms with van der Waals surface area (Å²) in [5.74, 6) is 1.97. The van der Waals surface area contributed by atoms with Crippen molar-refractivity contribution in [3.8, 4) is 0 Å². The van der Waals surface area contributed by atoms with Crippen molar-refractivity contribution >= 4 is 5.82 Å². The largest absolute Gasteiger partial charge is 0.358 e. The van der Waals surface area contributed by atoms with Crippen LogP contribution in [0.2, 0.25) is 0 Å². The zero-order valence-corrected chi connectivity index (χ0v) is 10.8. The van der Waals surface area contributed by atoms with Gasteiger partial charge in [0, 0.05) is 32.4 Å². The Bertz CT molecular complexity index is 347. The summed E-state index contributed by atoms with van der Waals surface area (Å²) in [6.07, 6.45) is 7.33. The Kier molecular flexibility index (Phi) is 4.31. The number of aromatic nitrogens is 2. The molecule has 4 heteroatoms. The predicted molar refractivity (Wildman–Crippen MR) is 70.3 cm³/mol. The van der Waals surface area contributed by atoms with Gasteiger partial charge >= 0.3 is 0 Å². The molecule has 1 aromatic rings. The van der Waals surface area contributed by atoms with E-state index in [-0.39, 0.29) is 0 Å². The summed E-state index contributed by atoms with van der Waals surface area (Å²) in [6, 6.07) is 0. The zero-order chi connectivity index (χ0) is 12.1. The number of hydrogen-bond donors (Lipinski definition) is 1. The van der Waals surface area contributed by atoms with Crippen LogP contribution in [-0.2, 0) is 6.42 Å². The van der Waals surface area contributed by atoms with Crippen LogP contribution >= 0.6 is 0 Å². The van der Waals surface area contributed by atoms with E-state index in [1.807, 2.05) is 7.05 Å². The second kappa shape index (κ2) is 5.96. The van der Waals surface area contributed by atoms with Gasteiger partial charge in [0.05, 0.1) is 5.69 Å². The average Bonchev–Trinajstić information content (AvgIpc) is 2.74. The quantitative estimate of drug-likeness (QED) is 0.738. The van der Waals surface area contributed by atoms with Gasteiger partial charge in [-0.25, -0.2) is 4.98 Å². The van der Waals surface area contributed by atoms with E-state index >= 15 is 0 Å². The summed E-state index contributed by atoms with van der Waals surface area (Å²) in [4.78, 5) is 10.5. The van der Waals surface area contributed by atoms with Gasteiger partial charge in [-0.15, -0.1) is 0 Å². The van der Waals surface area contributed by atoms with Gasteiger partial charge in [-0.3, -0.25) is 4.98 Å². The van der Waals surface area contributed by atoms with E-state index in [9.17, 15) is 0 Å². The van der Waals surface area contributed by atoms with E-state index in [0.717, 1.165) is 30.4 Å². The van der Waals surface area contributed by atoms with E-state index < -0.39 is 0 Å². The average molecular weight is 234 g/mol. The molecule has 94 valence electrons. The third-order valence-electron chi connectivity index (χ3n) is 3.34. The van der Waals surface area contributed by atoms with Crippen LogP contribution in [0.15, 0.2) is 12.4 Å². The van der Waals surface area contributed by atoms with Gasteiger partial charge in [0.2, 0.25) is 0 Å². The van der Waals surface area contributed by atoms with Crippen LogP contribution in [0.1, 0.15) is 25.5 Å². The highest BCUT2D eigenvalue weighted by Crippen LogP contribution is 2.19. The van der Waals surface area contributed by atoms with Crippen molar-refractivity contribution in [2.75, 3.05) is 31.6 Å². The molecule has 1 atom stereocenters. The maximum Gasteiger partial charge on any atom is 0.150 e. The molecule has 2 aliphatic heterocycles. The molecule has 0 spiro atoms. The number of piperidine rings is 1. The highest BCUT2D eigenvalue weighted by atomic mass is 15.2. The molecule has 0 aliphatic carbocycles. The molecule has 1 saturated heterocycles. The molecule has 1 unspecified atom stereocenters. The molecule has 17 heavy (non-hydrogen) atoms. The molecule has 3 heterocycles. The maximum absolute atomic E-state index is 4.21. The first-order chi connectivity index (χ1) is 8.27. The lowest BCUT2D eigenvalue weighted by Crippen LogP contribution is -2.27. The fraction of sp³-hybridized carbons (Fsp3) is 0.692. The smallest absolute Gasteiger partial charge is 0.150 e. The molecule has 0 radical (unpaired) electrons. The van der Waals surface area contributed by atoms with Crippen molar-refractivity contribution in [3.05, 3.63) is 18.1 Å². The van der Waals surface area contributed by atoms with Crippen molar-refractivity contribution in [1.82, 2.24) is 15.3 Å². The third-order valence-corrected chi connectivity index (χ3v) is 3.34. The van der Waals surface area contributed by atoms with E-state index in [1.165, 1.54) is 25.9 Å². The normalized spacial score (nSPS) is 22.7. The van der Waals surface area contributed by atoms with E-state index in [4.69, 9.17) is 0 Å². The summed E-state index contributed by atoms with van der Waals surface area (Å²) in [6.45, 7) is 5.83. The number of nitrogens with zero attached hydrogens (tertiary/aromatic N) is 3. The molecule has 1 N–H and O–H groups in total. The molecule has 0 aromatic carbocycles. The maximum atomic E-state index is 4.21.